The van der Waals surface area contributed by atoms with E-state index in [1.807, 2.05) is 6.92 Å². The maximum Gasteiger partial charge on any atom is 0.270 e. The Hall–Kier alpha value is -2.43. The van der Waals surface area contributed by atoms with Crippen molar-refractivity contribution < 1.29 is 4.79 Å². The van der Waals surface area contributed by atoms with Crippen molar-refractivity contribution in [3.05, 3.63) is 46.3 Å². The molecule has 0 aliphatic rings. The van der Waals surface area contributed by atoms with E-state index in [-0.39, 0.29) is 5.91 Å². The van der Waals surface area contributed by atoms with Gasteiger partial charge in [0.05, 0.1) is 0 Å². The van der Waals surface area contributed by atoms with Crippen LogP contribution >= 0.6 is 0 Å². The number of nitrogens with zero attached hydrogens (tertiary/aromatic N) is 2. The molecule has 0 saturated carbocycles. The molecular formula is C19H26N4O. The van der Waals surface area contributed by atoms with Crippen molar-refractivity contribution in [2.45, 2.75) is 47.5 Å². The molecule has 5 nitrogen and oxygen atoms in total. The lowest BCUT2D eigenvalue weighted by atomic mass is 10.1. The summed E-state index contributed by atoms with van der Waals surface area (Å²) in [6.07, 6.45) is 2.00. The van der Waals surface area contributed by atoms with Crippen molar-refractivity contribution in [1.82, 2.24) is 15.3 Å². The molecule has 0 atom stereocenters. The van der Waals surface area contributed by atoms with Gasteiger partial charge in [-0.25, -0.2) is 9.97 Å². The van der Waals surface area contributed by atoms with Gasteiger partial charge in [0.15, 0.2) is 0 Å². The van der Waals surface area contributed by atoms with Crippen LogP contribution in [0.1, 0.15) is 52.6 Å². The molecule has 0 unspecified atom stereocenters. The molecule has 2 aromatic rings. The molecule has 0 aliphatic heterocycles. The Balaban J connectivity index is 2.24. The Kier molecular flexibility index (Phi) is 5.90. The van der Waals surface area contributed by atoms with Crippen molar-refractivity contribution >= 4 is 17.5 Å². The van der Waals surface area contributed by atoms with Crippen LogP contribution in [0, 0.1) is 27.7 Å². The molecule has 24 heavy (non-hydrogen) atoms. The van der Waals surface area contributed by atoms with Crippen LogP contribution in [0.15, 0.2) is 18.2 Å². The zero-order chi connectivity index (χ0) is 17.7. The van der Waals surface area contributed by atoms with E-state index >= 15 is 0 Å². The summed E-state index contributed by atoms with van der Waals surface area (Å²) in [5, 5.41) is 6.16. The number of amides is 1. The minimum absolute atomic E-state index is 0.158. The molecule has 0 bridgehead atoms. The minimum Gasteiger partial charge on any atom is -0.351 e. The average molecular weight is 326 g/mol. The SMILES string of the molecule is CCCCNC(=O)c1cc(C)nc(Nc2c(C)cc(C)cc2C)n1. The Bertz CT molecular complexity index is 717. The van der Waals surface area contributed by atoms with Gasteiger partial charge in [-0.3, -0.25) is 4.79 Å². The van der Waals surface area contributed by atoms with Gasteiger partial charge in [0.25, 0.3) is 5.91 Å². The van der Waals surface area contributed by atoms with Gasteiger partial charge >= 0.3 is 0 Å². The van der Waals surface area contributed by atoms with E-state index in [1.54, 1.807) is 6.07 Å². The first-order valence-corrected chi connectivity index (χ1v) is 8.39. The fraction of sp³-hybridized carbons (Fsp3) is 0.421. The molecule has 0 saturated heterocycles. The molecule has 1 aromatic heterocycles. The molecule has 0 spiro atoms. The van der Waals surface area contributed by atoms with E-state index in [9.17, 15) is 4.79 Å². The zero-order valence-electron chi connectivity index (χ0n) is 15.2. The average Bonchev–Trinajstić information content (AvgIpc) is 2.50. The normalized spacial score (nSPS) is 10.5. The summed E-state index contributed by atoms with van der Waals surface area (Å²) in [5.41, 5.74) is 5.62. The van der Waals surface area contributed by atoms with Crippen LogP contribution in [-0.2, 0) is 0 Å². The number of nitrogens with one attached hydrogen (secondary N) is 2. The lowest BCUT2D eigenvalue weighted by molar-refractivity contribution is 0.0948. The predicted octanol–water partition coefficient (Wildman–Crippen LogP) is 3.98. The third-order valence-corrected chi connectivity index (χ3v) is 3.82. The number of unbranched alkanes of at least 4 members (excludes halogenated alkanes) is 1. The summed E-state index contributed by atoms with van der Waals surface area (Å²) in [7, 11) is 0. The molecule has 128 valence electrons. The largest absolute Gasteiger partial charge is 0.351 e. The molecule has 0 fully saturated rings. The van der Waals surface area contributed by atoms with Crippen molar-refractivity contribution in [1.29, 1.82) is 0 Å². The number of carbonyl (C=O) groups excluding carboxylic acids is 1. The number of hydrogen-bond donors (Lipinski definition) is 2. The highest BCUT2D eigenvalue weighted by molar-refractivity contribution is 5.92. The number of anilines is 2. The summed E-state index contributed by atoms with van der Waals surface area (Å²) in [5.74, 6) is 0.292. The number of carbonyl (C=O) groups is 1. The monoisotopic (exact) mass is 326 g/mol. The standard InChI is InChI=1S/C19H26N4O/c1-6-7-8-20-18(24)16-11-15(5)21-19(22-16)23-17-13(3)9-12(2)10-14(17)4/h9-11H,6-8H2,1-5H3,(H,20,24)(H,21,22,23). The zero-order valence-corrected chi connectivity index (χ0v) is 15.2. The van der Waals surface area contributed by atoms with Crippen LogP contribution in [0.3, 0.4) is 0 Å². The molecule has 1 amide bonds. The van der Waals surface area contributed by atoms with Crippen LogP contribution in [0.25, 0.3) is 0 Å². The van der Waals surface area contributed by atoms with Crippen LogP contribution in [0.2, 0.25) is 0 Å². The molecular weight excluding hydrogens is 300 g/mol. The highest BCUT2D eigenvalue weighted by Gasteiger charge is 2.12. The fourth-order valence-electron chi connectivity index (χ4n) is 2.70. The highest BCUT2D eigenvalue weighted by Crippen LogP contribution is 2.24. The molecule has 2 rings (SSSR count). The minimum atomic E-state index is -0.158. The summed E-state index contributed by atoms with van der Waals surface area (Å²) < 4.78 is 0. The first-order chi connectivity index (χ1) is 11.4. The highest BCUT2D eigenvalue weighted by atomic mass is 16.1. The summed E-state index contributed by atoms with van der Waals surface area (Å²) in [6, 6.07) is 5.94. The maximum atomic E-state index is 12.2. The van der Waals surface area contributed by atoms with Crippen molar-refractivity contribution in [2.75, 3.05) is 11.9 Å². The second kappa shape index (κ2) is 7.90. The topological polar surface area (TPSA) is 66.9 Å². The lowest BCUT2D eigenvalue weighted by Gasteiger charge is -2.14. The quantitative estimate of drug-likeness (QED) is 0.788. The maximum absolute atomic E-state index is 12.2. The number of rotatable bonds is 6. The second-order valence-corrected chi connectivity index (χ2v) is 6.23. The van der Waals surface area contributed by atoms with Crippen molar-refractivity contribution in [3.63, 3.8) is 0 Å². The summed E-state index contributed by atoms with van der Waals surface area (Å²) in [6.45, 7) is 10.8. The fourth-order valence-corrected chi connectivity index (χ4v) is 2.70. The number of hydrogen-bond acceptors (Lipinski definition) is 4. The first kappa shape index (κ1) is 17.9. The molecule has 2 N–H and O–H groups in total. The Morgan fingerprint density at radius 1 is 1.04 bits per heavy atom. The van der Waals surface area contributed by atoms with Gasteiger partial charge in [0, 0.05) is 17.9 Å². The summed E-state index contributed by atoms with van der Waals surface area (Å²) in [4.78, 5) is 21.0. The van der Waals surface area contributed by atoms with Gasteiger partial charge in [-0.1, -0.05) is 31.0 Å². The van der Waals surface area contributed by atoms with Gasteiger partial charge in [-0.05, 0) is 51.3 Å². The Morgan fingerprint density at radius 3 is 2.33 bits per heavy atom. The van der Waals surface area contributed by atoms with Gasteiger partial charge in [-0.2, -0.15) is 0 Å². The number of aryl methyl sites for hydroxylation is 4. The lowest BCUT2D eigenvalue weighted by Crippen LogP contribution is -2.25. The molecule has 0 aliphatic carbocycles. The van der Waals surface area contributed by atoms with Crippen molar-refractivity contribution in [2.24, 2.45) is 0 Å². The number of benzene rings is 1. The molecule has 1 aromatic carbocycles. The van der Waals surface area contributed by atoms with Gasteiger partial charge in [0.1, 0.15) is 5.69 Å². The van der Waals surface area contributed by atoms with E-state index in [1.165, 1.54) is 5.56 Å². The van der Waals surface area contributed by atoms with E-state index in [0.29, 0.717) is 18.2 Å². The third-order valence-electron chi connectivity index (χ3n) is 3.82. The van der Waals surface area contributed by atoms with E-state index in [0.717, 1.165) is 35.3 Å². The van der Waals surface area contributed by atoms with Crippen LogP contribution in [-0.4, -0.2) is 22.4 Å². The van der Waals surface area contributed by atoms with Crippen LogP contribution < -0.4 is 10.6 Å². The van der Waals surface area contributed by atoms with Crippen molar-refractivity contribution in [3.8, 4) is 0 Å². The Morgan fingerprint density at radius 2 is 1.71 bits per heavy atom. The predicted molar refractivity (Wildman–Crippen MR) is 97.9 cm³/mol. The second-order valence-electron chi connectivity index (χ2n) is 6.23. The third kappa shape index (κ3) is 4.54. The van der Waals surface area contributed by atoms with Gasteiger partial charge < -0.3 is 10.6 Å². The number of aromatic nitrogens is 2. The first-order valence-electron chi connectivity index (χ1n) is 8.39. The smallest absolute Gasteiger partial charge is 0.270 e. The summed E-state index contributed by atoms with van der Waals surface area (Å²) >= 11 is 0. The molecule has 0 radical (unpaired) electrons. The van der Waals surface area contributed by atoms with E-state index in [2.05, 4.69) is 60.4 Å². The van der Waals surface area contributed by atoms with E-state index in [4.69, 9.17) is 0 Å². The van der Waals surface area contributed by atoms with Crippen LogP contribution in [0.5, 0.6) is 0 Å². The van der Waals surface area contributed by atoms with Gasteiger partial charge in [0.2, 0.25) is 5.95 Å². The Labute approximate surface area is 143 Å². The van der Waals surface area contributed by atoms with Crippen LogP contribution in [0.4, 0.5) is 11.6 Å². The molecule has 5 heteroatoms. The molecule has 1 heterocycles. The van der Waals surface area contributed by atoms with Gasteiger partial charge in [-0.15, -0.1) is 0 Å². The van der Waals surface area contributed by atoms with E-state index < -0.39 is 0 Å².